The summed E-state index contributed by atoms with van der Waals surface area (Å²) in [5.41, 5.74) is 0. The molecule has 0 aromatic carbocycles. The van der Waals surface area contributed by atoms with Crippen LogP contribution in [0.3, 0.4) is 0 Å². The molecule has 0 spiro atoms. The van der Waals surface area contributed by atoms with Crippen molar-refractivity contribution in [2.24, 2.45) is 5.92 Å². The fourth-order valence-corrected chi connectivity index (χ4v) is 1.95. The van der Waals surface area contributed by atoms with Crippen molar-refractivity contribution in [2.75, 3.05) is 32.7 Å². The number of hydrogen-bond donors (Lipinski definition) is 1. The Labute approximate surface area is 96.0 Å². The van der Waals surface area contributed by atoms with Gasteiger partial charge in [-0.05, 0) is 6.54 Å². The van der Waals surface area contributed by atoms with E-state index in [1.807, 2.05) is 0 Å². The number of carboxylic acids is 1. The molecule has 0 aromatic rings. The highest BCUT2D eigenvalue weighted by atomic mass is 16.4. The van der Waals surface area contributed by atoms with E-state index in [9.17, 15) is 9.59 Å². The molecule has 0 aliphatic carbocycles. The summed E-state index contributed by atoms with van der Waals surface area (Å²) in [6, 6.07) is 0. The molecule has 0 radical (unpaired) electrons. The summed E-state index contributed by atoms with van der Waals surface area (Å²) >= 11 is 0. The van der Waals surface area contributed by atoms with Crippen LogP contribution in [0.1, 0.15) is 20.3 Å². The summed E-state index contributed by atoms with van der Waals surface area (Å²) in [5, 5.41) is 8.63. The number of likely N-dealkylation sites (N-methyl/N-ethyl adjacent to an activating group) is 1. The predicted octanol–water partition coefficient (Wildman–Crippen LogP) is 0.261. The van der Waals surface area contributed by atoms with E-state index in [0.717, 1.165) is 32.7 Å². The van der Waals surface area contributed by atoms with E-state index in [4.69, 9.17) is 5.11 Å². The fourth-order valence-electron chi connectivity index (χ4n) is 1.95. The van der Waals surface area contributed by atoms with Gasteiger partial charge in [0.1, 0.15) is 0 Å². The van der Waals surface area contributed by atoms with E-state index in [0.29, 0.717) is 0 Å². The van der Waals surface area contributed by atoms with Crippen LogP contribution in [-0.2, 0) is 9.59 Å². The Morgan fingerprint density at radius 3 is 2.25 bits per heavy atom. The number of carbonyl (C=O) groups is 2. The predicted molar refractivity (Wildman–Crippen MR) is 60.1 cm³/mol. The van der Waals surface area contributed by atoms with Crippen LogP contribution >= 0.6 is 0 Å². The average Bonchev–Trinajstić information content (AvgIpc) is 2.27. The van der Waals surface area contributed by atoms with Crippen LogP contribution in [0.4, 0.5) is 0 Å². The SMILES string of the molecule is CCN1CCN(C(=O)C(C)CC(=O)O)CC1. The third-order valence-corrected chi connectivity index (χ3v) is 3.03. The van der Waals surface area contributed by atoms with Crippen LogP contribution in [0.25, 0.3) is 0 Å². The lowest BCUT2D eigenvalue weighted by atomic mass is 10.1. The largest absolute Gasteiger partial charge is 0.481 e. The summed E-state index contributed by atoms with van der Waals surface area (Å²) in [6.45, 7) is 8.01. The van der Waals surface area contributed by atoms with Crippen LogP contribution < -0.4 is 0 Å². The lowest BCUT2D eigenvalue weighted by molar-refractivity contribution is -0.144. The van der Waals surface area contributed by atoms with Gasteiger partial charge in [0.2, 0.25) is 5.91 Å². The van der Waals surface area contributed by atoms with Crippen molar-refractivity contribution in [3.8, 4) is 0 Å². The van der Waals surface area contributed by atoms with Gasteiger partial charge in [-0.1, -0.05) is 13.8 Å². The number of nitrogens with zero attached hydrogens (tertiary/aromatic N) is 2. The highest BCUT2D eigenvalue weighted by molar-refractivity contribution is 5.83. The highest BCUT2D eigenvalue weighted by Crippen LogP contribution is 2.10. The third-order valence-electron chi connectivity index (χ3n) is 3.03. The molecular weight excluding hydrogens is 208 g/mol. The number of carbonyl (C=O) groups excluding carboxylic acids is 1. The van der Waals surface area contributed by atoms with Gasteiger partial charge < -0.3 is 14.9 Å². The van der Waals surface area contributed by atoms with Crippen LogP contribution in [0.2, 0.25) is 0 Å². The van der Waals surface area contributed by atoms with Gasteiger partial charge in [-0.3, -0.25) is 9.59 Å². The molecule has 0 saturated carbocycles. The monoisotopic (exact) mass is 228 g/mol. The first-order valence-electron chi connectivity index (χ1n) is 5.77. The molecule has 1 heterocycles. The van der Waals surface area contributed by atoms with E-state index in [1.165, 1.54) is 0 Å². The Kier molecular flexibility index (Phi) is 4.73. The molecule has 1 amide bonds. The first-order valence-corrected chi connectivity index (χ1v) is 5.77. The summed E-state index contributed by atoms with van der Waals surface area (Å²) in [4.78, 5) is 26.4. The molecule has 1 rings (SSSR count). The Bertz CT molecular complexity index is 260. The average molecular weight is 228 g/mol. The molecule has 1 fully saturated rings. The van der Waals surface area contributed by atoms with Crippen LogP contribution in [0, 0.1) is 5.92 Å². The van der Waals surface area contributed by atoms with Crippen molar-refractivity contribution >= 4 is 11.9 Å². The van der Waals surface area contributed by atoms with Gasteiger partial charge >= 0.3 is 5.97 Å². The van der Waals surface area contributed by atoms with E-state index in [2.05, 4.69) is 11.8 Å². The Balaban J connectivity index is 2.40. The first kappa shape index (κ1) is 13.0. The lowest BCUT2D eigenvalue weighted by Crippen LogP contribution is -2.50. The zero-order valence-corrected chi connectivity index (χ0v) is 9.98. The number of amides is 1. The maximum Gasteiger partial charge on any atom is 0.304 e. The quantitative estimate of drug-likeness (QED) is 0.750. The second kappa shape index (κ2) is 5.84. The minimum atomic E-state index is -0.909. The summed E-state index contributed by atoms with van der Waals surface area (Å²) in [6.07, 6.45) is -0.0766. The molecule has 0 aromatic heterocycles. The van der Waals surface area contributed by atoms with Crippen molar-refractivity contribution in [3.63, 3.8) is 0 Å². The number of carboxylic acid groups (broad SMARTS) is 1. The molecule has 92 valence electrons. The van der Waals surface area contributed by atoms with Gasteiger partial charge in [-0.2, -0.15) is 0 Å². The molecule has 1 aliphatic heterocycles. The molecule has 16 heavy (non-hydrogen) atoms. The number of rotatable bonds is 4. The molecule has 0 bridgehead atoms. The highest BCUT2D eigenvalue weighted by Gasteiger charge is 2.25. The minimum absolute atomic E-state index is 0.0295. The normalized spacial score (nSPS) is 19.5. The van der Waals surface area contributed by atoms with Crippen LogP contribution in [0.15, 0.2) is 0 Å². The number of hydrogen-bond acceptors (Lipinski definition) is 3. The smallest absolute Gasteiger partial charge is 0.304 e. The molecule has 5 nitrogen and oxygen atoms in total. The van der Waals surface area contributed by atoms with E-state index >= 15 is 0 Å². The standard InChI is InChI=1S/C11H20N2O3/c1-3-12-4-6-13(7-5-12)11(16)9(2)8-10(14)15/h9H,3-8H2,1-2H3,(H,14,15). The van der Waals surface area contributed by atoms with Crippen molar-refractivity contribution in [1.29, 1.82) is 0 Å². The third kappa shape index (κ3) is 3.48. The first-order chi connectivity index (χ1) is 7.54. The van der Waals surface area contributed by atoms with E-state index < -0.39 is 11.9 Å². The van der Waals surface area contributed by atoms with Gasteiger partial charge in [0.05, 0.1) is 6.42 Å². The molecule has 1 unspecified atom stereocenters. The van der Waals surface area contributed by atoms with Gasteiger partial charge in [-0.15, -0.1) is 0 Å². The molecule has 1 aliphatic rings. The molecule has 1 atom stereocenters. The maximum absolute atomic E-state index is 11.9. The summed E-state index contributed by atoms with van der Waals surface area (Å²) in [7, 11) is 0. The van der Waals surface area contributed by atoms with Crippen LogP contribution in [-0.4, -0.2) is 59.5 Å². The second-order valence-corrected chi connectivity index (χ2v) is 4.26. The van der Waals surface area contributed by atoms with Gasteiger partial charge in [-0.25, -0.2) is 0 Å². The van der Waals surface area contributed by atoms with Gasteiger partial charge in [0, 0.05) is 32.1 Å². The van der Waals surface area contributed by atoms with E-state index in [-0.39, 0.29) is 12.3 Å². The topological polar surface area (TPSA) is 60.9 Å². The Morgan fingerprint density at radius 2 is 1.81 bits per heavy atom. The molecular formula is C11H20N2O3. The fraction of sp³-hybridized carbons (Fsp3) is 0.818. The van der Waals surface area contributed by atoms with Crippen molar-refractivity contribution < 1.29 is 14.7 Å². The molecule has 1 N–H and O–H groups in total. The zero-order valence-electron chi connectivity index (χ0n) is 9.98. The van der Waals surface area contributed by atoms with Crippen molar-refractivity contribution in [2.45, 2.75) is 20.3 Å². The number of piperazine rings is 1. The molecule has 1 saturated heterocycles. The van der Waals surface area contributed by atoms with Gasteiger partial charge in [0.25, 0.3) is 0 Å². The lowest BCUT2D eigenvalue weighted by Gasteiger charge is -2.35. The van der Waals surface area contributed by atoms with E-state index in [1.54, 1.807) is 11.8 Å². The van der Waals surface area contributed by atoms with Crippen molar-refractivity contribution in [1.82, 2.24) is 9.80 Å². The zero-order chi connectivity index (χ0) is 12.1. The van der Waals surface area contributed by atoms with Gasteiger partial charge in [0.15, 0.2) is 0 Å². The minimum Gasteiger partial charge on any atom is -0.481 e. The van der Waals surface area contributed by atoms with Crippen molar-refractivity contribution in [3.05, 3.63) is 0 Å². The Morgan fingerprint density at radius 1 is 1.25 bits per heavy atom. The number of aliphatic carboxylic acids is 1. The second-order valence-electron chi connectivity index (χ2n) is 4.26. The summed E-state index contributed by atoms with van der Waals surface area (Å²) < 4.78 is 0. The summed E-state index contributed by atoms with van der Waals surface area (Å²) in [5.74, 6) is -1.35. The Hall–Kier alpha value is -1.10. The molecule has 5 heteroatoms. The van der Waals surface area contributed by atoms with Crippen LogP contribution in [0.5, 0.6) is 0 Å². The maximum atomic E-state index is 11.9.